The second kappa shape index (κ2) is 11.0. The van der Waals surface area contributed by atoms with Crippen LogP contribution in [-0.4, -0.2) is 32.9 Å². The van der Waals surface area contributed by atoms with Crippen LogP contribution >= 0.6 is 11.8 Å². The zero-order valence-electron chi connectivity index (χ0n) is 18.7. The fourth-order valence-electron chi connectivity index (χ4n) is 3.43. The molecule has 0 aliphatic carbocycles. The lowest BCUT2D eigenvalue weighted by atomic mass is 10.2. The monoisotopic (exact) mass is 475 g/mol. The highest BCUT2D eigenvalue weighted by molar-refractivity contribution is 7.99. The number of hydrogen-bond acceptors (Lipinski definition) is 6. The van der Waals surface area contributed by atoms with Crippen molar-refractivity contribution >= 4 is 34.3 Å². The predicted molar refractivity (Wildman–Crippen MR) is 135 cm³/mol. The standard InChI is InChI=1S/C26H25N3O4S/c1-18-6-4-7-21(16-18)33-20-12-10-19(11-13-20)27-24(31)17-34-26-28-23-9-3-2-8-22(23)25(32)29(26)14-5-15-30/h2-4,6-13,16,30H,5,14-15,17H2,1H3,(H,27,31). The molecule has 0 unspecified atom stereocenters. The first-order valence-corrected chi connectivity index (χ1v) is 11.9. The number of aryl methyl sites for hydroxylation is 1. The molecule has 34 heavy (non-hydrogen) atoms. The van der Waals surface area contributed by atoms with E-state index in [1.54, 1.807) is 42.5 Å². The second-order valence-corrected chi connectivity index (χ2v) is 8.67. The molecule has 3 aromatic carbocycles. The normalized spacial score (nSPS) is 10.9. The van der Waals surface area contributed by atoms with Gasteiger partial charge >= 0.3 is 0 Å². The molecule has 0 atom stereocenters. The summed E-state index contributed by atoms with van der Waals surface area (Å²) in [5, 5.41) is 13.0. The van der Waals surface area contributed by atoms with E-state index in [2.05, 4.69) is 10.3 Å². The van der Waals surface area contributed by atoms with Gasteiger partial charge in [-0.2, -0.15) is 0 Å². The first-order chi connectivity index (χ1) is 16.5. The molecule has 174 valence electrons. The lowest BCUT2D eigenvalue weighted by Crippen LogP contribution is -2.24. The first kappa shape index (κ1) is 23.5. The van der Waals surface area contributed by atoms with Crippen LogP contribution in [0.15, 0.2) is 82.7 Å². The number of para-hydroxylation sites is 1. The van der Waals surface area contributed by atoms with Crippen LogP contribution in [0.5, 0.6) is 11.5 Å². The summed E-state index contributed by atoms with van der Waals surface area (Å²) < 4.78 is 7.36. The largest absolute Gasteiger partial charge is 0.457 e. The Labute approximate surface area is 201 Å². The van der Waals surface area contributed by atoms with Gasteiger partial charge in [0.15, 0.2) is 5.16 Å². The number of nitrogens with zero attached hydrogens (tertiary/aromatic N) is 2. The number of aromatic nitrogens is 2. The highest BCUT2D eigenvalue weighted by Gasteiger charge is 2.13. The molecule has 0 aliphatic rings. The van der Waals surface area contributed by atoms with Crippen LogP contribution in [0.4, 0.5) is 5.69 Å². The van der Waals surface area contributed by atoms with E-state index < -0.39 is 0 Å². The molecule has 1 heterocycles. The van der Waals surface area contributed by atoms with Gasteiger partial charge in [-0.1, -0.05) is 36.0 Å². The lowest BCUT2D eigenvalue weighted by Gasteiger charge is -2.13. The van der Waals surface area contributed by atoms with Gasteiger partial charge in [0.25, 0.3) is 5.56 Å². The Morgan fingerprint density at radius 1 is 1.06 bits per heavy atom. The van der Waals surface area contributed by atoms with Gasteiger partial charge in [-0.05, 0) is 67.4 Å². The number of fused-ring (bicyclic) bond motifs is 1. The Morgan fingerprint density at radius 3 is 2.62 bits per heavy atom. The molecule has 0 saturated heterocycles. The first-order valence-electron chi connectivity index (χ1n) is 10.9. The third kappa shape index (κ3) is 5.84. The smallest absolute Gasteiger partial charge is 0.262 e. The van der Waals surface area contributed by atoms with E-state index in [0.717, 1.165) is 11.3 Å². The Morgan fingerprint density at radius 2 is 1.85 bits per heavy atom. The molecule has 1 aromatic heterocycles. The number of anilines is 1. The SMILES string of the molecule is Cc1cccc(Oc2ccc(NC(=O)CSc3nc4ccccc4c(=O)n3CCCO)cc2)c1. The fourth-order valence-corrected chi connectivity index (χ4v) is 4.26. The summed E-state index contributed by atoms with van der Waals surface area (Å²) >= 11 is 1.19. The Bertz CT molecular complexity index is 1350. The summed E-state index contributed by atoms with van der Waals surface area (Å²) in [6.07, 6.45) is 0.427. The summed E-state index contributed by atoms with van der Waals surface area (Å²) in [7, 11) is 0. The average Bonchev–Trinajstić information content (AvgIpc) is 2.84. The highest BCUT2D eigenvalue weighted by Crippen LogP contribution is 2.24. The summed E-state index contributed by atoms with van der Waals surface area (Å²) in [5.74, 6) is 1.30. The van der Waals surface area contributed by atoms with Crippen LogP contribution in [0.1, 0.15) is 12.0 Å². The van der Waals surface area contributed by atoms with Crippen molar-refractivity contribution in [3.05, 3.63) is 88.7 Å². The number of nitrogens with one attached hydrogen (secondary N) is 1. The van der Waals surface area contributed by atoms with Crippen LogP contribution in [0.2, 0.25) is 0 Å². The molecule has 0 radical (unpaired) electrons. The van der Waals surface area contributed by atoms with Crippen molar-refractivity contribution in [3.63, 3.8) is 0 Å². The molecule has 0 bridgehead atoms. The number of amides is 1. The summed E-state index contributed by atoms with van der Waals surface area (Å²) in [4.78, 5) is 30.0. The zero-order valence-corrected chi connectivity index (χ0v) is 19.5. The second-order valence-electron chi connectivity index (χ2n) is 7.73. The van der Waals surface area contributed by atoms with Crippen molar-refractivity contribution in [1.29, 1.82) is 0 Å². The van der Waals surface area contributed by atoms with Crippen molar-refractivity contribution in [3.8, 4) is 11.5 Å². The number of thioether (sulfide) groups is 1. The van der Waals surface area contributed by atoms with Gasteiger partial charge in [0, 0.05) is 18.8 Å². The zero-order chi connectivity index (χ0) is 23.9. The van der Waals surface area contributed by atoms with Crippen LogP contribution < -0.4 is 15.6 Å². The quantitative estimate of drug-likeness (QED) is 0.271. The third-order valence-electron chi connectivity index (χ3n) is 5.06. The molecule has 0 fully saturated rings. The van der Waals surface area contributed by atoms with Crippen molar-refractivity contribution in [1.82, 2.24) is 9.55 Å². The highest BCUT2D eigenvalue weighted by atomic mass is 32.2. The average molecular weight is 476 g/mol. The van der Waals surface area contributed by atoms with Gasteiger partial charge in [0.2, 0.25) is 5.91 Å². The molecule has 8 heteroatoms. The van der Waals surface area contributed by atoms with Crippen LogP contribution in [-0.2, 0) is 11.3 Å². The maximum absolute atomic E-state index is 12.9. The van der Waals surface area contributed by atoms with Crippen molar-refractivity contribution in [2.75, 3.05) is 17.7 Å². The van der Waals surface area contributed by atoms with E-state index in [0.29, 0.717) is 40.5 Å². The van der Waals surface area contributed by atoms with Crippen molar-refractivity contribution < 1.29 is 14.6 Å². The number of rotatable bonds is 9. The number of benzene rings is 3. The van der Waals surface area contributed by atoms with Crippen LogP contribution in [0, 0.1) is 6.92 Å². The lowest BCUT2D eigenvalue weighted by molar-refractivity contribution is -0.113. The van der Waals surface area contributed by atoms with E-state index in [1.807, 2.05) is 37.3 Å². The van der Waals surface area contributed by atoms with Gasteiger partial charge in [0.1, 0.15) is 11.5 Å². The Hall–Kier alpha value is -3.62. The molecule has 4 aromatic rings. The van der Waals surface area contributed by atoms with E-state index in [4.69, 9.17) is 4.74 Å². The third-order valence-corrected chi connectivity index (χ3v) is 6.04. The van der Waals surface area contributed by atoms with Gasteiger partial charge in [-0.25, -0.2) is 4.98 Å². The van der Waals surface area contributed by atoms with E-state index in [-0.39, 0.29) is 23.8 Å². The molecule has 7 nitrogen and oxygen atoms in total. The molecule has 4 rings (SSSR count). The number of ether oxygens (including phenoxy) is 1. The molecule has 1 amide bonds. The topological polar surface area (TPSA) is 93.5 Å². The van der Waals surface area contributed by atoms with E-state index >= 15 is 0 Å². The molecule has 2 N–H and O–H groups in total. The number of aliphatic hydroxyl groups is 1. The minimum absolute atomic E-state index is 0.0343. The minimum atomic E-state index is -0.214. The number of hydrogen-bond donors (Lipinski definition) is 2. The van der Waals surface area contributed by atoms with E-state index in [1.165, 1.54) is 16.3 Å². The number of aliphatic hydroxyl groups excluding tert-OH is 1. The Balaban J connectivity index is 1.41. The maximum Gasteiger partial charge on any atom is 0.262 e. The van der Waals surface area contributed by atoms with Crippen LogP contribution in [0.25, 0.3) is 10.9 Å². The van der Waals surface area contributed by atoms with Crippen LogP contribution in [0.3, 0.4) is 0 Å². The van der Waals surface area contributed by atoms with Gasteiger partial charge < -0.3 is 15.2 Å². The predicted octanol–water partition coefficient (Wildman–Crippen LogP) is 4.61. The number of carbonyl (C=O) groups excluding carboxylic acids is 1. The minimum Gasteiger partial charge on any atom is -0.457 e. The van der Waals surface area contributed by atoms with Crippen molar-refractivity contribution in [2.24, 2.45) is 0 Å². The molecular formula is C26H25N3O4S. The molecule has 0 aliphatic heterocycles. The van der Waals surface area contributed by atoms with Gasteiger partial charge in [-0.3, -0.25) is 14.2 Å². The summed E-state index contributed by atoms with van der Waals surface area (Å²) in [5.41, 5.74) is 2.17. The van der Waals surface area contributed by atoms with Gasteiger partial charge in [-0.15, -0.1) is 0 Å². The molecular weight excluding hydrogens is 450 g/mol. The fraction of sp³-hybridized carbons (Fsp3) is 0.192. The number of carbonyl (C=O) groups is 1. The summed E-state index contributed by atoms with van der Waals surface area (Å²) in [6.45, 7) is 2.30. The molecule has 0 saturated carbocycles. The summed E-state index contributed by atoms with van der Waals surface area (Å²) in [6, 6.07) is 22.0. The van der Waals surface area contributed by atoms with Gasteiger partial charge in [0.05, 0.1) is 16.7 Å². The maximum atomic E-state index is 12.9. The Kier molecular flexibility index (Phi) is 7.61. The van der Waals surface area contributed by atoms with Crippen molar-refractivity contribution in [2.45, 2.75) is 25.0 Å². The van der Waals surface area contributed by atoms with E-state index in [9.17, 15) is 14.7 Å². The molecule has 0 spiro atoms.